The third-order valence-corrected chi connectivity index (χ3v) is 6.12. The van der Waals surface area contributed by atoms with Crippen molar-refractivity contribution >= 4 is 21.6 Å². The van der Waals surface area contributed by atoms with Gasteiger partial charge in [0.15, 0.2) is 0 Å². The zero-order valence-corrected chi connectivity index (χ0v) is 17.9. The summed E-state index contributed by atoms with van der Waals surface area (Å²) in [7, 11) is -2.11. The smallest absolute Gasteiger partial charge is 0.261 e. The van der Waals surface area contributed by atoms with Crippen LogP contribution in [0.4, 0.5) is 5.69 Å². The molecule has 0 saturated heterocycles. The number of carbonyl (C=O) groups excluding carboxylic acids is 1. The maximum absolute atomic E-state index is 12.7. The SMILES string of the molecule is COc1ccccc1C(C)NC(=O)c1ccc(NS(=O)(=O)c2ccccc2)c(C)c1. The highest BCUT2D eigenvalue weighted by molar-refractivity contribution is 7.92. The molecule has 0 fully saturated rings. The summed E-state index contributed by atoms with van der Waals surface area (Å²) >= 11 is 0. The lowest BCUT2D eigenvalue weighted by Crippen LogP contribution is -2.27. The number of hydrogen-bond acceptors (Lipinski definition) is 4. The van der Waals surface area contributed by atoms with Crippen molar-refractivity contribution in [3.8, 4) is 5.75 Å². The highest BCUT2D eigenvalue weighted by Crippen LogP contribution is 2.25. The molecule has 0 heterocycles. The van der Waals surface area contributed by atoms with E-state index in [2.05, 4.69) is 10.0 Å². The summed E-state index contributed by atoms with van der Waals surface area (Å²) in [6.07, 6.45) is 0. The number of sulfonamides is 1. The Balaban J connectivity index is 1.75. The molecule has 0 aliphatic heterocycles. The number of para-hydroxylation sites is 1. The minimum atomic E-state index is -3.70. The number of ether oxygens (including phenoxy) is 1. The molecule has 0 aromatic heterocycles. The summed E-state index contributed by atoms with van der Waals surface area (Å²) in [5, 5.41) is 2.95. The average molecular weight is 425 g/mol. The van der Waals surface area contributed by atoms with Gasteiger partial charge in [-0.05, 0) is 55.8 Å². The Morgan fingerprint density at radius 1 is 0.967 bits per heavy atom. The maximum Gasteiger partial charge on any atom is 0.261 e. The van der Waals surface area contributed by atoms with E-state index < -0.39 is 10.0 Å². The number of benzene rings is 3. The van der Waals surface area contributed by atoms with Gasteiger partial charge < -0.3 is 10.1 Å². The molecule has 1 unspecified atom stereocenters. The van der Waals surface area contributed by atoms with Crippen molar-refractivity contribution in [2.24, 2.45) is 0 Å². The molecular weight excluding hydrogens is 400 g/mol. The Morgan fingerprint density at radius 2 is 1.63 bits per heavy atom. The highest BCUT2D eigenvalue weighted by atomic mass is 32.2. The molecule has 6 nitrogen and oxygen atoms in total. The number of aryl methyl sites for hydroxylation is 1. The normalized spacial score (nSPS) is 12.1. The van der Waals surface area contributed by atoms with Crippen LogP contribution >= 0.6 is 0 Å². The molecule has 1 amide bonds. The van der Waals surface area contributed by atoms with Crippen LogP contribution in [-0.2, 0) is 10.0 Å². The summed E-state index contributed by atoms with van der Waals surface area (Å²) in [6.45, 7) is 3.63. The van der Waals surface area contributed by atoms with Crippen LogP contribution in [0, 0.1) is 6.92 Å². The molecule has 0 spiro atoms. The summed E-state index contributed by atoms with van der Waals surface area (Å²) < 4.78 is 33.0. The molecule has 0 radical (unpaired) electrons. The number of nitrogens with one attached hydrogen (secondary N) is 2. The van der Waals surface area contributed by atoms with E-state index in [0.717, 1.165) is 5.56 Å². The minimum absolute atomic E-state index is 0.178. The summed E-state index contributed by atoms with van der Waals surface area (Å²) in [4.78, 5) is 12.9. The van der Waals surface area contributed by atoms with E-state index in [1.165, 1.54) is 12.1 Å². The van der Waals surface area contributed by atoms with Crippen molar-refractivity contribution in [1.82, 2.24) is 5.32 Å². The minimum Gasteiger partial charge on any atom is -0.496 e. The van der Waals surface area contributed by atoms with Crippen LogP contribution in [0.2, 0.25) is 0 Å². The Kier molecular flexibility index (Phi) is 6.42. The topological polar surface area (TPSA) is 84.5 Å². The quantitative estimate of drug-likeness (QED) is 0.592. The fraction of sp³-hybridized carbons (Fsp3) is 0.174. The fourth-order valence-corrected chi connectivity index (χ4v) is 4.26. The summed E-state index contributed by atoms with van der Waals surface area (Å²) in [5.74, 6) is 0.445. The predicted molar refractivity (Wildman–Crippen MR) is 117 cm³/mol. The van der Waals surface area contributed by atoms with E-state index in [-0.39, 0.29) is 16.8 Å². The Morgan fingerprint density at radius 3 is 2.30 bits per heavy atom. The van der Waals surface area contributed by atoms with Crippen LogP contribution in [0.5, 0.6) is 5.75 Å². The van der Waals surface area contributed by atoms with Crippen LogP contribution < -0.4 is 14.8 Å². The van der Waals surface area contributed by atoms with Crippen LogP contribution in [0.3, 0.4) is 0 Å². The van der Waals surface area contributed by atoms with Gasteiger partial charge in [0, 0.05) is 11.1 Å². The van der Waals surface area contributed by atoms with Crippen LogP contribution in [0.1, 0.15) is 34.5 Å². The van der Waals surface area contributed by atoms with E-state index in [0.29, 0.717) is 22.6 Å². The Hall–Kier alpha value is -3.32. The van der Waals surface area contributed by atoms with Gasteiger partial charge >= 0.3 is 0 Å². The van der Waals surface area contributed by atoms with Gasteiger partial charge in [0.1, 0.15) is 5.75 Å². The Bertz CT molecular complexity index is 1140. The molecular formula is C23H24N2O4S. The molecule has 0 bridgehead atoms. The predicted octanol–water partition coefficient (Wildman–Crippen LogP) is 4.30. The lowest BCUT2D eigenvalue weighted by atomic mass is 10.1. The van der Waals surface area contributed by atoms with Crippen molar-refractivity contribution in [3.05, 3.63) is 89.5 Å². The van der Waals surface area contributed by atoms with E-state index in [1.807, 2.05) is 31.2 Å². The molecule has 7 heteroatoms. The third kappa shape index (κ3) is 4.80. The van der Waals surface area contributed by atoms with Crippen LogP contribution in [-0.4, -0.2) is 21.4 Å². The second-order valence-electron chi connectivity index (χ2n) is 6.89. The second kappa shape index (κ2) is 9.00. The molecule has 0 aliphatic rings. The van der Waals surface area contributed by atoms with Gasteiger partial charge in [-0.15, -0.1) is 0 Å². The van der Waals surface area contributed by atoms with Crippen molar-refractivity contribution < 1.29 is 17.9 Å². The van der Waals surface area contributed by atoms with Crippen LogP contribution in [0.15, 0.2) is 77.7 Å². The average Bonchev–Trinajstić information content (AvgIpc) is 2.75. The maximum atomic E-state index is 12.7. The highest BCUT2D eigenvalue weighted by Gasteiger charge is 2.18. The number of hydrogen-bond donors (Lipinski definition) is 2. The van der Waals surface area contributed by atoms with Gasteiger partial charge in [-0.1, -0.05) is 36.4 Å². The summed E-state index contributed by atoms with van der Waals surface area (Å²) in [5.41, 5.74) is 2.38. The first-order valence-corrected chi connectivity index (χ1v) is 10.9. The van der Waals surface area contributed by atoms with E-state index >= 15 is 0 Å². The van der Waals surface area contributed by atoms with Crippen LogP contribution in [0.25, 0.3) is 0 Å². The molecule has 156 valence electrons. The number of anilines is 1. The van der Waals surface area contributed by atoms with E-state index in [1.54, 1.807) is 50.4 Å². The lowest BCUT2D eigenvalue weighted by molar-refractivity contribution is 0.0939. The molecule has 0 aliphatic carbocycles. The number of methoxy groups -OCH3 is 1. The number of amides is 1. The molecule has 3 aromatic rings. The Labute approximate surface area is 177 Å². The molecule has 3 rings (SSSR count). The van der Waals surface area contributed by atoms with Crippen molar-refractivity contribution in [1.29, 1.82) is 0 Å². The zero-order chi connectivity index (χ0) is 21.7. The fourth-order valence-electron chi connectivity index (χ4n) is 3.10. The molecule has 3 aromatic carbocycles. The lowest BCUT2D eigenvalue weighted by Gasteiger charge is -2.18. The molecule has 1 atom stereocenters. The van der Waals surface area contributed by atoms with Gasteiger partial charge in [-0.3, -0.25) is 9.52 Å². The van der Waals surface area contributed by atoms with Gasteiger partial charge in [0.25, 0.3) is 15.9 Å². The third-order valence-electron chi connectivity index (χ3n) is 4.74. The van der Waals surface area contributed by atoms with E-state index in [9.17, 15) is 13.2 Å². The number of rotatable bonds is 7. The van der Waals surface area contributed by atoms with Gasteiger partial charge in [-0.2, -0.15) is 0 Å². The monoisotopic (exact) mass is 424 g/mol. The van der Waals surface area contributed by atoms with Gasteiger partial charge in [0.2, 0.25) is 0 Å². The first kappa shape index (κ1) is 21.4. The zero-order valence-electron chi connectivity index (χ0n) is 17.0. The standard InChI is InChI=1S/C23H24N2O4S/c1-16-15-18(23(26)24-17(2)20-11-7-8-12-22(20)29-3)13-14-21(16)25-30(27,28)19-9-5-4-6-10-19/h4-15,17,25H,1-3H3,(H,24,26). The largest absolute Gasteiger partial charge is 0.496 e. The first-order chi connectivity index (χ1) is 14.3. The van der Waals surface area contributed by atoms with Crippen molar-refractivity contribution in [2.75, 3.05) is 11.8 Å². The van der Waals surface area contributed by atoms with Gasteiger partial charge in [0.05, 0.1) is 23.7 Å². The summed E-state index contributed by atoms with van der Waals surface area (Å²) in [6, 6.07) is 20.2. The molecule has 2 N–H and O–H groups in total. The van der Waals surface area contributed by atoms with Gasteiger partial charge in [-0.25, -0.2) is 8.42 Å². The van der Waals surface area contributed by atoms with E-state index in [4.69, 9.17) is 4.74 Å². The second-order valence-corrected chi connectivity index (χ2v) is 8.57. The number of carbonyl (C=O) groups is 1. The van der Waals surface area contributed by atoms with Crippen molar-refractivity contribution in [3.63, 3.8) is 0 Å². The van der Waals surface area contributed by atoms with Crippen molar-refractivity contribution in [2.45, 2.75) is 24.8 Å². The molecule has 0 saturated carbocycles. The molecule has 30 heavy (non-hydrogen) atoms. The first-order valence-electron chi connectivity index (χ1n) is 9.44.